The third-order valence-electron chi connectivity index (χ3n) is 4.08. The first kappa shape index (κ1) is 20.5. The van der Waals surface area contributed by atoms with Gasteiger partial charge in [-0.15, -0.1) is 0 Å². The molecule has 152 valence electrons. The summed E-state index contributed by atoms with van der Waals surface area (Å²) < 4.78 is 59.1. The number of phenolic OH excluding ortho intramolecular Hbond substituents is 1. The van der Waals surface area contributed by atoms with Gasteiger partial charge in [-0.1, -0.05) is 18.2 Å². The van der Waals surface area contributed by atoms with Gasteiger partial charge in [0.25, 0.3) is 0 Å². The second-order valence-electron chi connectivity index (χ2n) is 6.15. The highest BCUT2D eigenvalue weighted by atomic mass is 19.4. The molecule has 0 saturated carbocycles. The van der Waals surface area contributed by atoms with Gasteiger partial charge >= 0.3 is 6.18 Å². The van der Waals surface area contributed by atoms with E-state index in [9.17, 15) is 22.7 Å². The van der Waals surface area contributed by atoms with E-state index in [2.05, 4.69) is 9.97 Å². The van der Waals surface area contributed by atoms with Crippen LogP contribution in [0.15, 0.2) is 54.6 Å². The zero-order valence-electron chi connectivity index (χ0n) is 15.3. The van der Waals surface area contributed by atoms with Crippen LogP contribution in [0.25, 0.3) is 11.3 Å². The Hall–Kier alpha value is -3.20. The lowest BCUT2D eigenvalue weighted by Crippen LogP contribution is -2.27. The molecule has 1 aromatic carbocycles. The zero-order chi connectivity index (χ0) is 21.0. The Labute approximate surface area is 164 Å². The smallest absolute Gasteiger partial charge is 0.418 e. The molecular formula is C20H17F4N3O2. The molecule has 0 aliphatic rings. The number of aromatic hydroxyl groups is 1. The second-order valence-corrected chi connectivity index (χ2v) is 6.15. The number of hydrogen-bond acceptors (Lipinski definition) is 5. The first-order chi connectivity index (χ1) is 13.8. The Bertz CT molecular complexity index is 995. The molecule has 5 nitrogen and oxygen atoms in total. The molecule has 0 fully saturated rings. The van der Waals surface area contributed by atoms with Crippen LogP contribution in [-0.2, 0) is 17.5 Å². The van der Waals surface area contributed by atoms with Gasteiger partial charge in [0.15, 0.2) is 0 Å². The SMILES string of the molecule is COCN(Cc1cccc(F)n1)c1ccc(C(F)(F)F)c(-c2ccccc2O)n1. The van der Waals surface area contributed by atoms with Gasteiger partial charge in [0, 0.05) is 12.7 Å². The van der Waals surface area contributed by atoms with Gasteiger partial charge in [-0.3, -0.25) is 0 Å². The number of ether oxygens (including phenoxy) is 1. The molecule has 3 rings (SSSR count). The first-order valence-corrected chi connectivity index (χ1v) is 8.51. The molecule has 0 atom stereocenters. The summed E-state index contributed by atoms with van der Waals surface area (Å²) in [6, 6.07) is 12.0. The van der Waals surface area contributed by atoms with Crippen LogP contribution in [-0.4, -0.2) is 28.9 Å². The maximum Gasteiger partial charge on any atom is 0.418 e. The number of phenols is 1. The Morgan fingerprint density at radius 1 is 1.00 bits per heavy atom. The molecule has 0 saturated heterocycles. The molecule has 2 aromatic heterocycles. The van der Waals surface area contributed by atoms with Gasteiger partial charge in [-0.25, -0.2) is 9.97 Å². The van der Waals surface area contributed by atoms with Crippen molar-refractivity contribution in [2.75, 3.05) is 18.7 Å². The van der Waals surface area contributed by atoms with E-state index in [4.69, 9.17) is 4.74 Å². The van der Waals surface area contributed by atoms with E-state index in [1.165, 1.54) is 54.5 Å². The van der Waals surface area contributed by atoms with Crippen LogP contribution < -0.4 is 4.90 Å². The predicted molar refractivity (Wildman–Crippen MR) is 98.6 cm³/mol. The highest BCUT2D eigenvalue weighted by Crippen LogP contribution is 2.40. The molecule has 29 heavy (non-hydrogen) atoms. The molecule has 0 bridgehead atoms. The first-order valence-electron chi connectivity index (χ1n) is 8.51. The standard InChI is InChI=1S/C20H17F4N3O2/c1-29-12-27(11-13-5-4-8-17(21)25-13)18-10-9-15(20(22,23)24)19(26-18)14-6-2-3-7-16(14)28/h2-10,28H,11-12H2,1H3. The minimum absolute atomic E-state index is 0.0171. The van der Waals surface area contributed by atoms with Gasteiger partial charge in [-0.2, -0.15) is 17.6 Å². The molecule has 2 heterocycles. The fraction of sp³-hybridized carbons (Fsp3) is 0.200. The molecule has 0 amide bonds. The summed E-state index contributed by atoms with van der Waals surface area (Å²) in [5.74, 6) is -0.841. The monoisotopic (exact) mass is 407 g/mol. The lowest BCUT2D eigenvalue weighted by Gasteiger charge is -2.24. The maximum atomic E-state index is 13.5. The molecule has 0 radical (unpaired) electrons. The minimum atomic E-state index is -4.67. The number of hydrogen-bond donors (Lipinski definition) is 1. The zero-order valence-corrected chi connectivity index (χ0v) is 15.3. The molecule has 9 heteroatoms. The van der Waals surface area contributed by atoms with Crippen LogP contribution in [0.2, 0.25) is 0 Å². The van der Waals surface area contributed by atoms with Crippen molar-refractivity contribution in [3.05, 3.63) is 71.8 Å². The summed E-state index contributed by atoms with van der Waals surface area (Å²) in [5, 5.41) is 10.1. The predicted octanol–water partition coefficient (Wildman–Crippen LogP) is 4.62. The third-order valence-corrected chi connectivity index (χ3v) is 4.08. The van der Waals surface area contributed by atoms with Crippen molar-refractivity contribution in [3.63, 3.8) is 0 Å². The Morgan fingerprint density at radius 2 is 1.76 bits per heavy atom. The average Bonchev–Trinajstić information content (AvgIpc) is 2.67. The number of methoxy groups -OCH3 is 1. The van der Waals surface area contributed by atoms with Crippen LogP contribution in [0.3, 0.4) is 0 Å². The molecule has 1 N–H and O–H groups in total. The van der Waals surface area contributed by atoms with Crippen LogP contribution >= 0.6 is 0 Å². The Balaban J connectivity index is 2.08. The fourth-order valence-corrected chi connectivity index (χ4v) is 2.82. The molecule has 0 unspecified atom stereocenters. The largest absolute Gasteiger partial charge is 0.507 e. The summed E-state index contributed by atoms with van der Waals surface area (Å²) in [6.07, 6.45) is -4.67. The van der Waals surface area contributed by atoms with E-state index in [1.54, 1.807) is 6.07 Å². The molecular weight excluding hydrogens is 390 g/mol. The molecule has 0 spiro atoms. The van der Waals surface area contributed by atoms with Gasteiger partial charge in [0.1, 0.15) is 18.3 Å². The summed E-state index contributed by atoms with van der Waals surface area (Å²) in [6.45, 7) is 0.0426. The third kappa shape index (κ3) is 4.80. The normalized spacial score (nSPS) is 11.5. The number of halogens is 4. The van der Waals surface area contributed by atoms with E-state index in [0.717, 1.165) is 6.07 Å². The van der Waals surface area contributed by atoms with Crippen LogP contribution in [0.5, 0.6) is 5.75 Å². The van der Waals surface area contributed by atoms with Gasteiger partial charge in [-0.05, 0) is 36.4 Å². The summed E-state index contributed by atoms with van der Waals surface area (Å²) in [5.41, 5.74) is -1.10. The lowest BCUT2D eigenvalue weighted by atomic mass is 10.0. The van der Waals surface area contributed by atoms with Crippen LogP contribution in [0.4, 0.5) is 23.4 Å². The van der Waals surface area contributed by atoms with Crippen molar-refractivity contribution in [1.29, 1.82) is 0 Å². The number of anilines is 1. The number of pyridine rings is 2. The number of nitrogens with zero attached hydrogens (tertiary/aromatic N) is 3. The minimum Gasteiger partial charge on any atom is -0.507 e. The van der Waals surface area contributed by atoms with Crippen molar-refractivity contribution < 1.29 is 27.4 Å². The average molecular weight is 407 g/mol. The number of alkyl halides is 3. The molecule has 0 aliphatic carbocycles. The van der Waals surface area contributed by atoms with Gasteiger partial charge in [0.05, 0.1) is 23.5 Å². The Kier molecular flexibility index (Phi) is 5.97. The topological polar surface area (TPSA) is 58.5 Å². The van der Waals surface area contributed by atoms with Crippen molar-refractivity contribution in [2.24, 2.45) is 0 Å². The number of rotatable bonds is 6. The number of benzene rings is 1. The van der Waals surface area contributed by atoms with E-state index < -0.39 is 23.4 Å². The number of aromatic nitrogens is 2. The Morgan fingerprint density at radius 3 is 2.41 bits per heavy atom. The molecule has 0 aliphatic heterocycles. The van der Waals surface area contributed by atoms with E-state index in [0.29, 0.717) is 5.69 Å². The van der Waals surface area contributed by atoms with Crippen molar-refractivity contribution >= 4 is 5.82 Å². The van der Waals surface area contributed by atoms with Crippen molar-refractivity contribution in [3.8, 4) is 17.0 Å². The molecule has 3 aromatic rings. The van der Waals surface area contributed by atoms with E-state index in [-0.39, 0.29) is 30.4 Å². The summed E-state index contributed by atoms with van der Waals surface area (Å²) in [7, 11) is 1.42. The highest BCUT2D eigenvalue weighted by molar-refractivity contribution is 5.71. The van der Waals surface area contributed by atoms with Crippen molar-refractivity contribution in [2.45, 2.75) is 12.7 Å². The summed E-state index contributed by atoms with van der Waals surface area (Å²) in [4.78, 5) is 9.42. The van der Waals surface area contributed by atoms with Crippen LogP contribution in [0, 0.1) is 5.95 Å². The maximum absolute atomic E-state index is 13.5. The van der Waals surface area contributed by atoms with Gasteiger partial charge < -0.3 is 14.7 Å². The quantitative estimate of drug-likeness (QED) is 0.367. The van der Waals surface area contributed by atoms with Gasteiger partial charge in [0.2, 0.25) is 5.95 Å². The number of para-hydroxylation sites is 1. The highest BCUT2D eigenvalue weighted by Gasteiger charge is 2.35. The van der Waals surface area contributed by atoms with Crippen molar-refractivity contribution in [1.82, 2.24) is 9.97 Å². The second kappa shape index (κ2) is 8.44. The summed E-state index contributed by atoms with van der Waals surface area (Å²) >= 11 is 0. The van der Waals surface area contributed by atoms with Crippen LogP contribution in [0.1, 0.15) is 11.3 Å². The van der Waals surface area contributed by atoms with E-state index >= 15 is 0 Å². The van der Waals surface area contributed by atoms with E-state index in [1.807, 2.05) is 0 Å². The fourth-order valence-electron chi connectivity index (χ4n) is 2.82. The lowest BCUT2D eigenvalue weighted by molar-refractivity contribution is -0.137.